The molecule has 0 aliphatic heterocycles. The van der Waals surface area contributed by atoms with E-state index in [9.17, 15) is 4.79 Å². The highest BCUT2D eigenvalue weighted by Crippen LogP contribution is 2.06. The first-order valence-electron chi connectivity index (χ1n) is 4.83. The number of carbonyl (C=O) groups is 1. The Hall–Kier alpha value is -1.85. The number of alkyl carbamates (subject to hydrolysis) is 1. The molecule has 0 spiro atoms. The lowest BCUT2D eigenvalue weighted by Gasteiger charge is -2.19. The van der Waals surface area contributed by atoms with Gasteiger partial charge in [0.1, 0.15) is 11.4 Å². The molecule has 6 heteroatoms. The summed E-state index contributed by atoms with van der Waals surface area (Å²) in [4.78, 5) is 18.9. The maximum atomic E-state index is 11.3. The van der Waals surface area contributed by atoms with Gasteiger partial charge in [-0.3, -0.25) is 0 Å². The van der Waals surface area contributed by atoms with Crippen LogP contribution in [0.3, 0.4) is 0 Å². The molecule has 0 saturated carbocycles. The first-order valence-corrected chi connectivity index (χ1v) is 4.83. The van der Waals surface area contributed by atoms with E-state index in [4.69, 9.17) is 9.84 Å². The molecule has 0 aromatic carbocycles. The Balaban J connectivity index is 2.40. The molecule has 0 aliphatic rings. The molecular formula is C10H15N3O3. The topological polar surface area (TPSA) is 84.3 Å². The fraction of sp³-hybridized carbons (Fsp3) is 0.500. The number of carbonyl (C=O) groups excluding carboxylic acids is 1. The number of amides is 1. The zero-order valence-corrected chi connectivity index (χ0v) is 9.52. The van der Waals surface area contributed by atoms with Crippen molar-refractivity contribution in [3.05, 3.63) is 18.2 Å². The van der Waals surface area contributed by atoms with Crippen molar-refractivity contribution in [1.82, 2.24) is 15.3 Å². The molecule has 0 radical (unpaired) electrons. The molecule has 1 aromatic heterocycles. The number of nitrogens with one attached hydrogen (secondary N) is 1. The van der Waals surface area contributed by atoms with Crippen LogP contribution in [-0.4, -0.2) is 26.8 Å². The highest BCUT2D eigenvalue weighted by molar-refractivity contribution is 5.67. The zero-order chi connectivity index (χ0) is 12.2. The Labute approximate surface area is 93.7 Å². The Morgan fingerprint density at radius 1 is 1.44 bits per heavy atom. The second-order valence-electron chi connectivity index (χ2n) is 4.21. The van der Waals surface area contributed by atoms with Crippen LogP contribution in [0.4, 0.5) is 4.79 Å². The van der Waals surface area contributed by atoms with Gasteiger partial charge in [0.15, 0.2) is 5.75 Å². The monoisotopic (exact) mass is 225 g/mol. The van der Waals surface area contributed by atoms with Gasteiger partial charge in [-0.15, -0.1) is 0 Å². The second kappa shape index (κ2) is 4.78. The Kier molecular flexibility index (Phi) is 3.65. The van der Waals surface area contributed by atoms with Gasteiger partial charge < -0.3 is 15.2 Å². The number of aromatic hydroxyl groups is 1. The van der Waals surface area contributed by atoms with E-state index < -0.39 is 11.7 Å². The summed E-state index contributed by atoms with van der Waals surface area (Å²) < 4.78 is 5.03. The van der Waals surface area contributed by atoms with Gasteiger partial charge in [-0.05, 0) is 20.8 Å². The lowest BCUT2D eigenvalue weighted by atomic mass is 10.2. The zero-order valence-electron chi connectivity index (χ0n) is 9.52. The van der Waals surface area contributed by atoms with Crippen molar-refractivity contribution in [2.45, 2.75) is 32.9 Å². The standard InChI is InChI=1S/C10H15N3O3/c1-10(2,3)16-9(15)13-6-8-11-4-7(14)5-12-8/h4-5,14H,6H2,1-3H3,(H,13,15). The van der Waals surface area contributed by atoms with E-state index in [-0.39, 0.29) is 12.3 Å². The summed E-state index contributed by atoms with van der Waals surface area (Å²) in [6, 6.07) is 0. The fourth-order valence-corrected chi connectivity index (χ4v) is 0.905. The van der Waals surface area contributed by atoms with Crippen LogP contribution in [0, 0.1) is 0 Å². The molecule has 88 valence electrons. The van der Waals surface area contributed by atoms with Gasteiger partial charge >= 0.3 is 6.09 Å². The lowest BCUT2D eigenvalue weighted by Crippen LogP contribution is -2.32. The molecule has 0 fully saturated rings. The molecule has 0 saturated heterocycles. The third-order valence-corrected chi connectivity index (χ3v) is 1.48. The third-order valence-electron chi connectivity index (χ3n) is 1.48. The first kappa shape index (κ1) is 12.2. The van der Waals surface area contributed by atoms with Gasteiger partial charge in [0.2, 0.25) is 0 Å². The van der Waals surface area contributed by atoms with Crippen LogP contribution in [0.15, 0.2) is 12.4 Å². The van der Waals surface area contributed by atoms with E-state index in [0.29, 0.717) is 5.82 Å². The van der Waals surface area contributed by atoms with Crippen molar-refractivity contribution in [2.24, 2.45) is 0 Å². The minimum Gasteiger partial charge on any atom is -0.505 e. The molecule has 2 N–H and O–H groups in total. The number of rotatable bonds is 2. The van der Waals surface area contributed by atoms with Gasteiger partial charge in [-0.2, -0.15) is 0 Å². The molecule has 1 amide bonds. The predicted octanol–water partition coefficient (Wildman–Crippen LogP) is 1.21. The number of aromatic nitrogens is 2. The van der Waals surface area contributed by atoms with E-state index >= 15 is 0 Å². The maximum Gasteiger partial charge on any atom is 0.408 e. The van der Waals surface area contributed by atoms with Gasteiger partial charge in [0.05, 0.1) is 18.9 Å². The Morgan fingerprint density at radius 3 is 2.50 bits per heavy atom. The van der Waals surface area contributed by atoms with Crippen LogP contribution < -0.4 is 5.32 Å². The fourth-order valence-electron chi connectivity index (χ4n) is 0.905. The van der Waals surface area contributed by atoms with Crippen LogP contribution in [0.5, 0.6) is 5.75 Å². The number of hydrogen-bond acceptors (Lipinski definition) is 5. The summed E-state index contributed by atoms with van der Waals surface area (Å²) in [5.41, 5.74) is -0.528. The van der Waals surface area contributed by atoms with Crippen molar-refractivity contribution < 1.29 is 14.6 Å². The van der Waals surface area contributed by atoms with E-state index in [0.717, 1.165) is 0 Å². The Morgan fingerprint density at radius 2 is 2.00 bits per heavy atom. The van der Waals surface area contributed by atoms with Crippen molar-refractivity contribution in [2.75, 3.05) is 0 Å². The van der Waals surface area contributed by atoms with Crippen LogP contribution >= 0.6 is 0 Å². The van der Waals surface area contributed by atoms with Crippen LogP contribution in [0.1, 0.15) is 26.6 Å². The third kappa shape index (κ3) is 4.59. The predicted molar refractivity (Wildman–Crippen MR) is 56.8 cm³/mol. The molecule has 16 heavy (non-hydrogen) atoms. The minimum atomic E-state index is -0.528. The van der Waals surface area contributed by atoms with Crippen LogP contribution in [0.2, 0.25) is 0 Å². The molecular weight excluding hydrogens is 210 g/mol. The van der Waals surface area contributed by atoms with Crippen molar-refractivity contribution in [3.63, 3.8) is 0 Å². The molecule has 0 unspecified atom stereocenters. The normalized spacial score (nSPS) is 10.9. The molecule has 0 bridgehead atoms. The minimum absolute atomic E-state index is 0.0129. The van der Waals surface area contributed by atoms with Gasteiger partial charge in [-0.1, -0.05) is 0 Å². The highest BCUT2D eigenvalue weighted by atomic mass is 16.6. The SMILES string of the molecule is CC(C)(C)OC(=O)NCc1ncc(O)cn1. The molecule has 6 nitrogen and oxygen atoms in total. The van der Waals surface area contributed by atoms with Crippen molar-refractivity contribution in [3.8, 4) is 5.75 Å². The van der Waals surface area contributed by atoms with E-state index in [1.165, 1.54) is 12.4 Å². The largest absolute Gasteiger partial charge is 0.505 e. The molecule has 0 atom stereocenters. The van der Waals surface area contributed by atoms with Crippen LogP contribution in [-0.2, 0) is 11.3 Å². The lowest BCUT2D eigenvalue weighted by molar-refractivity contribution is 0.0522. The number of nitrogens with zero attached hydrogens (tertiary/aromatic N) is 2. The summed E-state index contributed by atoms with van der Waals surface area (Å²) in [5.74, 6) is 0.393. The number of ether oxygens (including phenoxy) is 1. The van der Waals surface area contributed by atoms with Crippen molar-refractivity contribution >= 4 is 6.09 Å². The number of hydrogen-bond donors (Lipinski definition) is 2. The summed E-state index contributed by atoms with van der Waals surface area (Å²) in [7, 11) is 0. The molecule has 0 aliphatic carbocycles. The average molecular weight is 225 g/mol. The highest BCUT2D eigenvalue weighted by Gasteiger charge is 2.15. The van der Waals surface area contributed by atoms with E-state index in [1.807, 2.05) is 0 Å². The quantitative estimate of drug-likeness (QED) is 0.790. The first-order chi connectivity index (χ1) is 7.37. The van der Waals surface area contributed by atoms with Gasteiger partial charge in [0, 0.05) is 0 Å². The van der Waals surface area contributed by atoms with Crippen molar-refractivity contribution in [1.29, 1.82) is 0 Å². The summed E-state index contributed by atoms with van der Waals surface area (Å²) >= 11 is 0. The van der Waals surface area contributed by atoms with Crippen LogP contribution in [0.25, 0.3) is 0 Å². The summed E-state index contributed by atoms with van der Waals surface area (Å²) in [6.07, 6.45) is 2.00. The molecule has 1 heterocycles. The van der Waals surface area contributed by atoms with E-state index in [2.05, 4.69) is 15.3 Å². The second-order valence-corrected chi connectivity index (χ2v) is 4.21. The maximum absolute atomic E-state index is 11.3. The summed E-state index contributed by atoms with van der Waals surface area (Å²) in [5, 5.41) is 11.5. The summed E-state index contributed by atoms with van der Waals surface area (Å²) in [6.45, 7) is 5.51. The average Bonchev–Trinajstić information content (AvgIpc) is 2.14. The smallest absolute Gasteiger partial charge is 0.408 e. The van der Waals surface area contributed by atoms with E-state index in [1.54, 1.807) is 20.8 Å². The Bertz CT molecular complexity index is 357. The molecule has 1 rings (SSSR count). The van der Waals surface area contributed by atoms with Gasteiger partial charge in [-0.25, -0.2) is 14.8 Å². The molecule has 1 aromatic rings. The van der Waals surface area contributed by atoms with Gasteiger partial charge in [0.25, 0.3) is 0 Å².